The van der Waals surface area contributed by atoms with Gasteiger partial charge < -0.3 is 10.1 Å². The lowest BCUT2D eigenvalue weighted by Gasteiger charge is -2.07. The third-order valence-electron chi connectivity index (χ3n) is 4.23. The van der Waals surface area contributed by atoms with Crippen LogP contribution in [0, 0.1) is 6.92 Å². The summed E-state index contributed by atoms with van der Waals surface area (Å²) in [5.41, 5.74) is 2.67. The molecule has 0 unspecified atom stereocenters. The van der Waals surface area contributed by atoms with E-state index in [-0.39, 0.29) is 12.6 Å². The number of carbonyl (C=O) groups is 1. The van der Waals surface area contributed by atoms with Crippen LogP contribution in [0.1, 0.15) is 20.8 Å². The van der Waals surface area contributed by atoms with Crippen LogP contribution in [0.5, 0.6) is 0 Å². The van der Waals surface area contributed by atoms with E-state index in [1.165, 1.54) is 17.7 Å². The summed E-state index contributed by atoms with van der Waals surface area (Å²) in [6, 6.07) is 17.4. The van der Waals surface area contributed by atoms with E-state index >= 15 is 0 Å². The fourth-order valence-electron chi connectivity index (χ4n) is 2.82. The molecule has 0 spiro atoms. The van der Waals surface area contributed by atoms with Crippen LogP contribution in [-0.2, 0) is 11.3 Å². The molecule has 0 atom stereocenters. The second kappa shape index (κ2) is 8.08. The molecule has 7 heteroatoms. The molecule has 140 valence electrons. The fraction of sp³-hybridized carbons (Fsp3) is 0.0952. The van der Waals surface area contributed by atoms with Gasteiger partial charge in [0.05, 0.1) is 5.39 Å². The minimum absolute atomic E-state index is 0.239. The first kappa shape index (κ1) is 18.6. The summed E-state index contributed by atoms with van der Waals surface area (Å²) in [5, 5.41) is 4.14. The summed E-state index contributed by atoms with van der Waals surface area (Å²) >= 11 is 4.75. The highest BCUT2D eigenvalue weighted by molar-refractivity contribution is 9.10. The molecule has 0 radical (unpaired) electrons. The van der Waals surface area contributed by atoms with E-state index in [4.69, 9.17) is 4.74 Å². The first-order chi connectivity index (χ1) is 13.6. The molecule has 0 amide bonds. The third kappa shape index (κ3) is 3.90. The maximum absolute atomic E-state index is 12.6. The number of anilines is 2. The SMILES string of the molecule is Cc1c(C(=O)OCc2ccccc2)sc2ncnc(Nc3ccc(Br)cc3)c12. The Hall–Kier alpha value is -2.77. The van der Waals surface area contributed by atoms with E-state index in [2.05, 4.69) is 31.2 Å². The summed E-state index contributed by atoms with van der Waals surface area (Å²) in [4.78, 5) is 22.6. The molecule has 5 nitrogen and oxygen atoms in total. The zero-order chi connectivity index (χ0) is 19.5. The monoisotopic (exact) mass is 453 g/mol. The number of fused-ring (bicyclic) bond motifs is 1. The summed E-state index contributed by atoms with van der Waals surface area (Å²) < 4.78 is 6.49. The zero-order valence-electron chi connectivity index (χ0n) is 15.0. The van der Waals surface area contributed by atoms with Crippen molar-refractivity contribution in [2.45, 2.75) is 13.5 Å². The van der Waals surface area contributed by atoms with Gasteiger partial charge in [-0.25, -0.2) is 14.8 Å². The van der Waals surface area contributed by atoms with Gasteiger partial charge in [-0.1, -0.05) is 46.3 Å². The predicted molar refractivity (Wildman–Crippen MR) is 115 cm³/mol. The molecule has 0 aliphatic heterocycles. The largest absolute Gasteiger partial charge is 0.457 e. The summed E-state index contributed by atoms with van der Waals surface area (Å²) in [6.07, 6.45) is 1.50. The van der Waals surface area contributed by atoms with Gasteiger partial charge in [0.2, 0.25) is 0 Å². The van der Waals surface area contributed by atoms with Crippen LogP contribution in [0.15, 0.2) is 65.4 Å². The van der Waals surface area contributed by atoms with Gasteiger partial charge >= 0.3 is 5.97 Å². The van der Waals surface area contributed by atoms with Gasteiger partial charge in [0.25, 0.3) is 0 Å². The van der Waals surface area contributed by atoms with Crippen LogP contribution >= 0.6 is 27.3 Å². The van der Waals surface area contributed by atoms with Crippen molar-refractivity contribution in [3.8, 4) is 0 Å². The molecule has 0 aliphatic carbocycles. The number of ether oxygens (including phenoxy) is 1. The molecule has 4 rings (SSSR count). The lowest BCUT2D eigenvalue weighted by atomic mass is 10.2. The van der Waals surface area contributed by atoms with Crippen LogP contribution in [0.4, 0.5) is 11.5 Å². The van der Waals surface area contributed by atoms with Gasteiger partial charge in [0.1, 0.15) is 28.5 Å². The Bertz CT molecular complexity index is 1130. The van der Waals surface area contributed by atoms with Gasteiger partial charge in [0, 0.05) is 10.2 Å². The van der Waals surface area contributed by atoms with Gasteiger partial charge in [0.15, 0.2) is 0 Å². The Morgan fingerprint density at radius 3 is 2.61 bits per heavy atom. The molecule has 2 aromatic carbocycles. The number of carbonyl (C=O) groups excluding carboxylic acids is 1. The molecule has 0 saturated carbocycles. The van der Waals surface area contributed by atoms with E-state index in [0.29, 0.717) is 10.7 Å². The maximum Gasteiger partial charge on any atom is 0.349 e. The van der Waals surface area contributed by atoms with Crippen LogP contribution in [0.3, 0.4) is 0 Å². The molecule has 0 fully saturated rings. The lowest BCUT2D eigenvalue weighted by molar-refractivity contribution is 0.0478. The molecule has 0 saturated heterocycles. The number of esters is 1. The predicted octanol–water partition coefficient (Wildman–Crippen LogP) is 5.86. The zero-order valence-corrected chi connectivity index (χ0v) is 17.4. The van der Waals surface area contributed by atoms with Crippen molar-refractivity contribution in [3.63, 3.8) is 0 Å². The number of hydrogen-bond acceptors (Lipinski definition) is 6. The van der Waals surface area contributed by atoms with Crippen molar-refractivity contribution in [3.05, 3.63) is 81.4 Å². The van der Waals surface area contributed by atoms with Crippen LogP contribution in [0.2, 0.25) is 0 Å². The first-order valence-electron chi connectivity index (χ1n) is 8.59. The number of rotatable bonds is 5. The molecule has 2 heterocycles. The highest BCUT2D eigenvalue weighted by Gasteiger charge is 2.20. The maximum atomic E-state index is 12.6. The lowest BCUT2D eigenvalue weighted by Crippen LogP contribution is -2.04. The minimum Gasteiger partial charge on any atom is -0.457 e. The van der Waals surface area contributed by atoms with Crippen molar-refractivity contribution in [2.24, 2.45) is 0 Å². The number of nitrogens with zero attached hydrogens (tertiary/aromatic N) is 2. The normalized spacial score (nSPS) is 10.8. The van der Waals surface area contributed by atoms with Gasteiger partial charge in [-0.3, -0.25) is 0 Å². The van der Waals surface area contributed by atoms with E-state index in [1.807, 2.05) is 61.5 Å². The number of nitrogens with one attached hydrogen (secondary N) is 1. The number of benzene rings is 2. The van der Waals surface area contributed by atoms with Gasteiger partial charge in [-0.15, -0.1) is 11.3 Å². The number of thiophene rings is 1. The number of halogens is 1. The Morgan fingerprint density at radius 2 is 1.86 bits per heavy atom. The summed E-state index contributed by atoms with van der Waals surface area (Å²) in [5.74, 6) is 0.321. The Balaban J connectivity index is 1.61. The van der Waals surface area contributed by atoms with Crippen molar-refractivity contribution in [1.29, 1.82) is 0 Å². The Morgan fingerprint density at radius 1 is 1.11 bits per heavy atom. The molecule has 4 aromatic rings. The molecule has 28 heavy (non-hydrogen) atoms. The Labute approximate surface area is 174 Å². The molecule has 0 aliphatic rings. The molecular weight excluding hydrogens is 438 g/mol. The summed E-state index contributed by atoms with van der Waals surface area (Å²) in [7, 11) is 0. The number of aryl methyl sites for hydroxylation is 1. The van der Waals surface area contributed by atoms with E-state index in [1.54, 1.807) is 0 Å². The molecule has 1 N–H and O–H groups in total. The second-order valence-electron chi connectivity index (χ2n) is 6.15. The number of aromatic nitrogens is 2. The van der Waals surface area contributed by atoms with Crippen molar-refractivity contribution < 1.29 is 9.53 Å². The number of hydrogen-bond donors (Lipinski definition) is 1. The van der Waals surface area contributed by atoms with Gasteiger partial charge in [-0.05, 0) is 42.3 Å². The van der Waals surface area contributed by atoms with Gasteiger partial charge in [-0.2, -0.15) is 0 Å². The highest BCUT2D eigenvalue weighted by Crippen LogP contribution is 2.35. The van der Waals surface area contributed by atoms with E-state index in [9.17, 15) is 4.79 Å². The Kier molecular flexibility index (Phi) is 5.36. The third-order valence-corrected chi connectivity index (χ3v) is 5.94. The first-order valence-corrected chi connectivity index (χ1v) is 10.2. The van der Waals surface area contributed by atoms with Crippen molar-refractivity contribution >= 4 is 55.0 Å². The molecular formula is C21H16BrN3O2S. The topological polar surface area (TPSA) is 64.1 Å². The second-order valence-corrected chi connectivity index (χ2v) is 8.07. The van der Waals surface area contributed by atoms with Crippen molar-refractivity contribution in [1.82, 2.24) is 9.97 Å². The summed E-state index contributed by atoms with van der Waals surface area (Å²) in [6.45, 7) is 2.14. The minimum atomic E-state index is -0.348. The molecule has 0 bridgehead atoms. The van der Waals surface area contributed by atoms with E-state index in [0.717, 1.165) is 31.5 Å². The quantitative estimate of drug-likeness (QED) is 0.383. The van der Waals surface area contributed by atoms with Crippen LogP contribution in [0.25, 0.3) is 10.2 Å². The average molecular weight is 454 g/mol. The smallest absolute Gasteiger partial charge is 0.349 e. The average Bonchev–Trinajstić information content (AvgIpc) is 3.06. The molecule has 2 aromatic heterocycles. The van der Waals surface area contributed by atoms with Crippen molar-refractivity contribution in [2.75, 3.05) is 5.32 Å². The fourth-order valence-corrected chi connectivity index (χ4v) is 4.13. The van der Waals surface area contributed by atoms with Crippen LogP contribution < -0.4 is 5.32 Å². The highest BCUT2D eigenvalue weighted by atomic mass is 79.9. The standard InChI is InChI=1S/C21H16BrN3O2S/c1-13-17-19(25-16-9-7-15(22)8-10-16)23-12-24-20(17)28-18(13)21(26)27-11-14-5-3-2-4-6-14/h2-10,12H,11H2,1H3,(H,23,24,25). The van der Waals surface area contributed by atoms with E-state index < -0.39 is 0 Å². The van der Waals surface area contributed by atoms with Crippen LogP contribution in [-0.4, -0.2) is 15.9 Å².